The average molecular weight is 239 g/mol. The summed E-state index contributed by atoms with van der Waals surface area (Å²) in [6.45, 7) is 0.990. The molecule has 2 N–H and O–H groups in total. The van der Waals surface area contributed by atoms with Crippen LogP contribution in [0.1, 0.15) is 12.0 Å². The molecule has 1 aromatic carbocycles. The van der Waals surface area contributed by atoms with Gasteiger partial charge in [-0.25, -0.2) is 4.39 Å². The third-order valence-electron chi connectivity index (χ3n) is 2.65. The van der Waals surface area contributed by atoms with Crippen molar-refractivity contribution in [1.82, 2.24) is 5.32 Å². The fraction of sp³-hybridized carbons (Fsp3) is 0.417. The molecule has 1 unspecified atom stereocenters. The molecular weight excluding hydrogens is 225 g/mol. The average Bonchev–Trinajstić information content (AvgIpc) is 2.66. The highest BCUT2D eigenvalue weighted by atomic mass is 19.1. The molecule has 0 bridgehead atoms. The highest BCUT2D eigenvalue weighted by Crippen LogP contribution is 2.28. The Morgan fingerprint density at radius 3 is 3.18 bits per heavy atom. The molecule has 5 heteroatoms. The largest absolute Gasteiger partial charge is 0.488 e. The van der Waals surface area contributed by atoms with Crippen LogP contribution in [-0.4, -0.2) is 30.3 Å². The number of carboxylic acids is 1. The van der Waals surface area contributed by atoms with Crippen LogP contribution in [0.5, 0.6) is 5.75 Å². The van der Waals surface area contributed by atoms with Crippen molar-refractivity contribution in [2.45, 2.75) is 18.9 Å². The van der Waals surface area contributed by atoms with E-state index >= 15 is 0 Å². The van der Waals surface area contributed by atoms with Crippen LogP contribution in [0.25, 0.3) is 0 Å². The van der Waals surface area contributed by atoms with E-state index in [1.54, 1.807) is 6.07 Å². The first-order chi connectivity index (χ1) is 8.15. The van der Waals surface area contributed by atoms with Crippen LogP contribution in [0.4, 0.5) is 4.39 Å². The van der Waals surface area contributed by atoms with Gasteiger partial charge < -0.3 is 15.2 Å². The van der Waals surface area contributed by atoms with Crippen LogP contribution < -0.4 is 10.1 Å². The first-order valence-corrected chi connectivity index (χ1v) is 5.53. The van der Waals surface area contributed by atoms with Crippen LogP contribution >= 0.6 is 0 Å². The van der Waals surface area contributed by atoms with Crippen LogP contribution in [0.15, 0.2) is 18.2 Å². The summed E-state index contributed by atoms with van der Waals surface area (Å²) in [5.74, 6) is -0.363. The van der Waals surface area contributed by atoms with E-state index in [2.05, 4.69) is 5.32 Å². The van der Waals surface area contributed by atoms with E-state index in [0.717, 1.165) is 11.3 Å². The molecule has 0 saturated carbocycles. The number of carbonyl (C=O) groups is 1. The van der Waals surface area contributed by atoms with Crippen molar-refractivity contribution in [3.8, 4) is 5.75 Å². The monoisotopic (exact) mass is 239 g/mol. The van der Waals surface area contributed by atoms with Gasteiger partial charge in [0, 0.05) is 25.1 Å². The molecule has 0 saturated heterocycles. The van der Waals surface area contributed by atoms with Gasteiger partial charge in [-0.2, -0.15) is 0 Å². The number of hydrogen-bond donors (Lipinski definition) is 2. The minimum atomic E-state index is -0.824. The maximum Gasteiger partial charge on any atom is 0.304 e. The molecule has 1 atom stereocenters. The Morgan fingerprint density at radius 2 is 2.41 bits per heavy atom. The second kappa shape index (κ2) is 5.14. The van der Waals surface area contributed by atoms with E-state index in [1.165, 1.54) is 12.1 Å². The van der Waals surface area contributed by atoms with E-state index < -0.39 is 5.97 Å². The van der Waals surface area contributed by atoms with Crippen LogP contribution in [-0.2, 0) is 11.2 Å². The molecule has 4 nitrogen and oxygen atoms in total. The summed E-state index contributed by atoms with van der Waals surface area (Å²) in [6, 6.07) is 4.48. The molecule has 17 heavy (non-hydrogen) atoms. The van der Waals surface area contributed by atoms with Crippen molar-refractivity contribution in [1.29, 1.82) is 0 Å². The summed E-state index contributed by atoms with van der Waals surface area (Å²) in [7, 11) is 0. The van der Waals surface area contributed by atoms with Crippen molar-refractivity contribution < 1.29 is 19.0 Å². The molecule has 92 valence electrons. The highest BCUT2D eigenvalue weighted by molar-refractivity contribution is 5.66. The topological polar surface area (TPSA) is 58.6 Å². The second-order valence-electron chi connectivity index (χ2n) is 4.04. The Kier molecular flexibility index (Phi) is 3.58. The van der Waals surface area contributed by atoms with Crippen molar-refractivity contribution in [3.05, 3.63) is 29.6 Å². The Morgan fingerprint density at radius 1 is 1.59 bits per heavy atom. The predicted octanol–water partition coefficient (Wildman–Crippen LogP) is 1.19. The number of benzene rings is 1. The first kappa shape index (κ1) is 11.9. The summed E-state index contributed by atoms with van der Waals surface area (Å²) < 4.78 is 18.5. The van der Waals surface area contributed by atoms with Gasteiger partial charge in [0.1, 0.15) is 17.7 Å². The van der Waals surface area contributed by atoms with Crippen molar-refractivity contribution >= 4 is 5.97 Å². The maximum atomic E-state index is 12.9. The third-order valence-corrected chi connectivity index (χ3v) is 2.65. The summed E-state index contributed by atoms with van der Waals surface area (Å²) in [5.41, 5.74) is 0.870. The Labute approximate surface area is 98.4 Å². The molecule has 2 rings (SSSR count). The van der Waals surface area contributed by atoms with Crippen LogP contribution in [0.2, 0.25) is 0 Å². The predicted molar refractivity (Wildman–Crippen MR) is 59.6 cm³/mol. The number of nitrogens with one attached hydrogen (secondary N) is 1. The number of hydrogen-bond acceptors (Lipinski definition) is 3. The van der Waals surface area contributed by atoms with Crippen molar-refractivity contribution in [3.63, 3.8) is 0 Å². The molecule has 0 aromatic heterocycles. The molecule has 1 aromatic rings. The normalized spacial score (nSPS) is 17.6. The lowest BCUT2D eigenvalue weighted by Gasteiger charge is -2.10. The maximum absolute atomic E-state index is 12.9. The molecule has 1 aliphatic rings. The molecule has 0 spiro atoms. The fourth-order valence-electron chi connectivity index (χ4n) is 1.86. The summed E-state index contributed by atoms with van der Waals surface area (Å²) in [5, 5.41) is 11.5. The first-order valence-electron chi connectivity index (χ1n) is 5.53. The molecule has 0 radical (unpaired) electrons. The molecule has 0 amide bonds. The Bertz CT molecular complexity index is 422. The van der Waals surface area contributed by atoms with Gasteiger partial charge >= 0.3 is 5.97 Å². The molecular formula is C12H14FNO3. The quantitative estimate of drug-likeness (QED) is 0.758. The van der Waals surface area contributed by atoms with Gasteiger partial charge in [-0.3, -0.25) is 4.79 Å². The summed E-state index contributed by atoms with van der Waals surface area (Å²) >= 11 is 0. The van der Waals surface area contributed by atoms with Gasteiger partial charge in [0.2, 0.25) is 0 Å². The van der Waals surface area contributed by atoms with E-state index in [4.69, 9.17) is 9.84 Å². The number of carboxylic acid groups (broad SMARTS) is 1. The van der Waals surface area contributed by atoms with Gasteiger partial charge in [-0.1, -0.05) is 0 Å². The minimum Gasteiger partial charge on any atom is -0.488 e. The number of aliphatic carboxylic acids is 1. The van der Waals surface area contributed by atoms with E-state index in [-0.39, 0.29) is 18.3 Å². The molecule has 0 aliphatic carbocycles. The second-order valence-corrected chi connectivity index (χ2v) is 4.04. The SMILES string of the molecule is O=C(O)CCNCC1Cc2cc(F)ccc2O1. The number of halogens is 1. The Balaban J connectivity index is 1.78. The summed E-state index contributed by atoms with van der Waals surface area (Å²) in [6.07, 6.45) is 0.710. The zero-order valence-corrected chi connectivity index (χ0v) is 9.28. The Hall–Kier alpha value is -1.62. The lowest BCUT2D eigenvalue weighted by atomic mass is 10.1. The van der Waals surface area contributed by atoms with Crippen LogP contribution in [0.3, 0.4) is 0 Å². The standard InChI is InChI=1S/C12H14FNO3/c13-9-1-2-11-8(5-9)6-10(17-11)7-14-4-3-12(15)16/h1-2,5,10,14H,3-4,6-7H2,(H,15,16). The summed E-state index contributed by atoms with van der Waals surface area (Å²) in [4.78, 5) is 10.3. The van der Waals surface area contributed by atoms with Gasteiger partial charge in [0.05, 0.1) is 6.42 Å². The third kappa shape index (κ3) is 3.17. The smallest absolute Gasteiger partial charge is 0.304 e. The molecule has 0 fully saturated rings. The number of ether oxygens (including phenoxy) is 1. The zero-order chi connectivity index (χ0) is 12.3. The van der Waals surface area contributed by atoms with Gasteiger partial charge in [0.15, 0.2) is 0 Å². The fourth-order valence-corrected chi connectivity index (χ4v) is 1.86. The highest BCUT2D eigenvalue weighted by Gasteiger charge is 2.22. The van der Waals surface area contributed by atoms with E-state index in [0.29, 0.717) is 19.5 Å². The van der Waals surface area contributed by atoms with E-state index in [9.17, 15) is 9.18 Å². The van der Waals surface area contributed by atoms with Crippen molar-refractivity contribution in [2.24, 2.45) is 0 Å². The molecule has 1 heterocycles. The van der Waals surface area contributed by atoms with Gasteiger partial charge in [-0.05, 0) is 18.2 Å². The zero-order valence-electron chi connectivity index (χ0n) is 9.28. The minimum absolute atomic E-state index is 0.0411. The number of rotatable bonds is 5. The van der Waals surface area contributed by atoms with Gasteiger partial charge in [0.25, 0.3) is 0 Å². The number of fused-ring (bicyclic) bond motifs is 1. The van der Waals surface area contributed by atoms with Gasteiger partial charge in [-0.15, -0.1) is 0 Å². The van der Waals surface area contributed by atoms with Crippen LogP contribution in [0, 0.1) is 5.82 Å². The lowest BCUT2D eigenvalue weighted by molar-refractivity contribution is -0.136. The lowest BCUT2D eigenvalue weighted by Crippen LogP contribution is -2.31. The molecule has 1 aliphatic heterocycles. The van der Waals surface area contributed by atoms with E-state index in [1.807, 2.05) is 0 Å². The van der Waals surface area contributed by atoms with Crippen molar-refractivity contribution in [2.75, 3.05) is 13.1 Å².